The Hall–Kier alpha value is -2.33. The number of amides is 1. The monoisotopic (exact) mass is 284 g/mol. The van der Waals surface area contributed by atoms with Crippen molar-refractivity contribution in [2.24, 2.45) is 5.73 Å². The summed E-state index contributed by atoms with van der Waals surface area (Å²) in [5, 5.41) is 3.29. The second-order valence-electron chi connectivity index (χ2n) is 4.90. The number of benzene rings is 2. The van der Waals surface area contributed by atoms with Crippen molar-refractivity contribution in [2.75, 3.05) is 13.2 Å². The van der Waals surface area contributed by atoms with Gasteiger partial charge in [-0.2, -0.15) is 0 Å². The van der Waals surface area contributed by atoms with E-state index in [0.717, 1.165) is 24.4 Å². The van der Waals surface area contributed by atoms with Crippen molar-refractivity contribution in [3.8, 4) is 5.75 Å². The van der Waals surface area contributed by atoms with Crippen molar-refractivity contribution < 1.29 is 9.53 Å². The number of rotatable bonds is 7. The number of carbonyl (C=O) groups is 1. The van der Waals surface area contributed by atoms with Gasteiger partial charge in [0, 0.05) is 18.7 Å². The van der Waals surface area contributed by atoms with Crippen LogP contribution in [0.5, 0.6) is 5.75 Å². The highest BCUT2D eigenvalue weighted by molar-refractivity contribution is 5.92. The van der Waals surface area contributed by atoms with E-state index in [-0.39, 0.29) is 0 Å². The second kappa shape index (κ2) is 7.45. The maximum atomic E-state index is 11.0. The molecule has 1 amide bonds. The minimum Gasteiger partial charge on any atom is -0.492 e. The molecule has 0 unspecified atom stereocenters. The van der Waals surface area contributed by atoms with E-state index in [4.69, 9.17) is 10.5 Å². The van der Waals surface area contributed by atoms with E-state index >= 15 is 0 Å². The predicted molar refractivity (Wildman–Crippen MR) is 83.3 cm³/mol. The summed E-state index contributed by atoms with van der Waals surface area (Å²) < 4.78 is 5.65. The molecule has 3 N–H and O–H groups in total. The van der Waals surface area contributed by atoms with Gasteiger partial charge in [0.05, 0.1) is 0 Å². The predicted octanol–water partition coefficient (Wildman–Crippen LogP) is 2.26. The standard InChI is InChI=1S/C17H20N2O2/c1-13-3-2-4-16(11-13)21-10-9-19-12-14-5-7-15(8-6-14)17(18)20/h2-8,11,19H,9-10,12H2,1H3,(H2,18,20). The van der Waals surface area contributed by atoms with Gasteiger partial charge >= 0.3 is 0 Å². The number of carbonyl (C=O) groups excluding carboxylic acids is 1. The average Bonchev–Trinajstić information content (AvgIpc) is 2.47. The van der Waals surface area contributed by atoms with Gasteiger partial charge < -0.3 is 15.8 Å². The van der Waals surface area contributed by atoms with Crippen LogP contribution < -0.4 is 15.8 Å². The molecule has 0 aromatic heterocycles. The first kappa shape index (κ1) is 15.1. The summed E-state index contributed by atoms with van der Waals surface area (Å²) in [6, 6.07) is 15.3. The summed E-state index contributed by atoms with van der Waals surface area (Å²) in [4.78, 5) is 11.0. The van der Waals surface area contributed by atoms with Crippen LogP contribution in [0.25, 0.3) is 0 Å². The van der Waals surface area contributed by atoms with Gasteiger partial charge in [0.15, 0.2) is 0 Å². The van der Waals surface area contributed by atoms with Crippen molar-refractivity contribution in [3.05, 3.63) is 65.2 Å². The van der Waals surface area contributed by atoms with Crippen LogP contribution in [0.3, 0.4) is 0 Å². The lowest BCUT2D eigenvalue weighted by atomic mass is 10.1. The SMILES string of the molecule is Cc1cccc(OCCNCc2ccc(C(N)=O)cc2)c1. The van der Waals surface area contributed by atoms with Gasteiger partial charge in [-0.25, -0.2) is 0 Å². The van der Waals surface area contributed by atoms with E-state index < -0.39 is 5.91 Å². The van der Waals surface area contributed by atoms with Gasteiger partial charge in [0.2, 0.25) is 5.91 Å². The number of nitrogens with one attached hydrogen (secondary N) is 1. The molecule has 0 spiro atoms. The number of primary amides is 1. The molecule has 4 nitrogen and oxygen atoms in total. The van der Waals surface area contributed by atoms with Crippen molar-refractivity contribution in [1.82, 2.24) is 5.32 Å². The Morgan fingerprint density at radius 2 is 1.95 bits per heavy atom. The molecule has 0 saturated carbocycles. The molecule has 110 valence electrons. The van der Waals surface area contributed by atoms with Gasteiger partial charge in [0.1, 0.15) is 12.4 Å². The van der Waals surface area contributed by atoms with Crippen molar-refractivity contribution in [1.29, 1.82) is 0 Å². The quantitative estimate of drug-likeness (QED) is 0.767. The average molecular weight is 284 g/mol. The molecule has 0 saturated heterocycles. The first-order valence-corrected chi connectivity index (χ1v) is 6.94. The molecule has 21 heavy (non-hydrogen) atoms. The first-order valence-electron chi connectivity index (χ1n) is 6.94. The van der Waals surface area contributed by atoms with Crippen LogP contribution in [0.4, 0.5) is 0 Å². The molecule has 0 fully saturated rings. The van der Waals surface area contributed by atoms with E-state index in [1.165, 1.54) is 5.56 Å². The Labute approximate surface area is 124 Å². The molecule has 0 aliphatic rings. The highest BCUT2D eigenvalue weighted by Gasteiger charge is 1.99. The van der Waals surface area contributed by atoms with E-state index in [1.54, 1.807) is 12.1 Å². The molecule has 0 bridgehead atoms. The van der Waals surface area contributed by atoms with E-state index in [0.29, 0.717) is 12.2 Å². The zero-order valence-electron chi connectivity index (χ0n) is 12.1. The number of nitrogens with two attached hydrogens (primary N) is 1. The topological polar surface area (TPSA) is 64.3 Å². The Balaban J connectivity index is 1.69. The van der Waals surface area contributed by atoms with Crippen molar-refractivity contribution in [2.45, 2.75) is 13.5 Å². The van der Waals surface area contributed by atoms with Crippen LogP contribution in [0.2, 0.25) is 0 Å². The Bertz CT molecular complexity index is 594. The van der Waals surface area contributed by atoms with Crippen LogP contribution in [0, 0.1) is 6.92 Å². The van der Waals surface area contributed by atoms with E-state index in [9.17, 15) is 4.79 Å². The van der Waals surface area contributed by atoms with Crippen LogP contribution in [0.1, 0.15) is 21.5 Å². The van der Waals surface area contributed by atoms with Crippen LogP contribution in [0.15, 0.2) is 48.5 Å². The van der Waals surface area contributed by atoms with Crippen LogP contribution in [-0.2, 0) is 6.54 Å². The Morgan fingerprint density at radius 1 is 1.19 bits per heavy atom. The highest BCUT2D eigenvalue weighted by Crippen LogP contribution is 2.11. The number of ether oxygens (including phenoxy) is 1. The second-order valence-corrected chi connectivity index (χ2v) is 4.90. The lowest BCUT2D eigenvalue weighted by molar-refractivity contribution is 0.100. The van der Waals surface area contributed by atoms with E-state index in [2.05, 4.69) is 5.32 Å². The molecule has 0 radical (unpaired) electrons. The fourth-order valence-corrected chi connectivity index (χ4v) is 1.97. The summed E-state index contributed by atoms with van der Waals surface area (Å²) in [6.45, 7) is 4.14. The van der Waals surface area contributed by atoms with Crippen LogP contribution >= 0.6 is 0 Å². The summed E-state index contributed by atoms with van der Waals surface area (Å²) >= 11 is 0. The maximum absolute atomic E-state index is 11.0. The molecule has 0 aliphatic heterocycles. The molecule has 0 atom stereocenters. The third-order valence-corrected chi connectivity index (χ3v) is 3.10. The third-order valence-electron chi connectivity index (χ3n) is 3.10. The van der Waals surface area contributed by atoms with Crippen LogP contribution in [-0.4, -0.2) is 19.1 Å². The molecular formula is C17H20N2O2. The molecule has 0 aliphatic carbocycles. The van der Waals surface area contributed by atoms with Gasteiger partial charge in [-0.1, -0.05) is 24.3 Å². The molecule has 2 aromatic rings. The fourth-order valence-electron chi connectivity index (χ4n) is 1.97. The van der Waals surface area contributed by atoms with Crippen molar-refractivity contribution >= 4 is 5.91 Å². The molecule has 2 aromatic carbocycles. The molecule has 2 rings (SSSR count). The normalized spacial score (nSPS) is 10.3. The summed E-state index contributed by atoms with van der Waals surface area (Å²) in [5.74, 6) is 0.490. The maximum Gasteiger partial charge on any atom is 0.248 e. The van der Waals surface area contributed by atoms with Gasteiger partial charge in [-0.05, 0) is 42.3 Å². The lowest BCUT2D eigenvalue weighted by Gasteiger charge is -2.08. The van der Waals surface area contributed by atoms with E-state index in [1.807, 2.05) is 43.3 Å². The minimum atomic E-state index is -0.402. The number of hydrogen-bond acceptors (Lipinski definition) is 3. The molecule has 4 heteroatoms. The summed E-state index contributed by atoms with van der Waals surface area (Å²) in [5.41, 5.74) is 8.02. The molecule has 0 heterocycles. The summed E-state index contributed by atoms with van der Waals surface area (Å²) in [7, 11) is 0. The minimum absolute atomic E-state index is 0.402. The zero-order chi connectivity index (χ0) is 15.1. The Morgan fingerprint density at radius 3 is 2.62 bits per heavy atom. The highest BCUT2D eigenvalue weighted by atomic mass is 16.5. The van der Waals surface area contributed by atoms with Gasteiger partial charge in [0.25, 0.3) is 0 Å². The fraction of sp³-hybridized carbons (Fsp3) is 0.235. The third kappa shape index (κ3) is 4.93. The molecular weight excluding hydrogens is 264 g/mol. The number of hydrogen-bond donors (Lipinski definition) is 2. The van der Waals surface area contributed by atoms with Gasteiger partial charge in [-0.15, -0.1) is 0 Å². The number of aryl methyl sites for hydroxylation is 1. The smallest absolute Gasteiger partial charge is 0.248 e. The van der Waals surface area contributed by atoms with Gasteiger partial charge in [-0.3, -0.25) is 4.79 Å². The summed E-state index contributed by atoms with van der Waals surface area (Å²) in [6.07, 6.45) is 0. The largest absolute Gasteiger partial charge is 0.492 e. The lowest BCUT2D eigenvalue weighted by Crippen LogP contribution is -2.20. The zero-order valence-corrected chi connectivity index (χ0v) is 12.1. The Kier molecular flexibility index (Phi) is 5.35. The first-order chi connectivity index (χ1) is 10.1. The van der Waals surface area contributed by atoms with Crippen molar-refractivity contribution in [3.63, 3.8) is 0 Å².